The lowest BCUT2D eigenvalue weighted by molar-refractivity contribution is 0.101. The third-order valence-corrected chi connectivity index (χ3v) is 4.31. The number of Topliss-reactive ketones (excluding diaryl/α,β-unsaturated/α-hetero) is 1. The molecule has 0 saturated heterocycles. The van der Waals surface area contributed by atoms with Crippen LogP contribution in [0.1, 0.15) is 30.6 Å². The molecule has 0 radical (unpaired) electrons. The van der Waals surface area contributed by atoms with Crippen LogP contribution in [0, 0.1) is 5.82 Å². The summed E-state index contributed by atoms with van der Waals surface area (Å²) < 4.78 is 41.3. The van der Waals surface area contributed by atoms with Crippen molar-refractivity contribution in [2.24, 2.45) is 0 Å². The zero-order chi connectivity index (χ0) is 14.5. The predicted molar refractivity (Wildman–Crippen MR) is 70.8 cm³/mol. The van der Waals surface area contributed by atoms with Gasteiger partial charge in [0.1, 0.15) is 18.2 Å². The number of benzene rings is 1. The summed E-state index contributed by atoms with van der Waals surface area (Å²) in [5.74, 6) is -0.655. The number of ketones is 1. The molecule has 0 bridgehead atoms. The fourth-order valence-corrected chi connectivity index (χ4v) is 2.76. The second kappa shape index (κ2) is 6.65. The van der Waals surface area contributed by atoms with Gasteiger partial charge in [-0.3, -0.25) is 4.79 Å². The van der Waals surface area contributed by atoms with Crippen LogP contribution in [-0.4, -0.2) is 32.3 Å². The van der Waals surface area contributed by atoms with Crippen molar-refractivity contribution in [3.63, 3.8) is 0 Å². The number of hydrogen-bond donors (Lipinski definition) is 0. The van der Waals surface area contributed by atoms with Crippen LogP contribution in [0.15, 0.2) is 18.2 Å². The monoisotopic (exact) mass is 288 g/mol. The van der Waals surface area contributed by atoms with E-state index in [1.54, 1.807) is 6.92 Å². The molecule has 0 aromatic heterocycles. The van der Waals surface area contributed by atoms with Crippen molar-refractivity contribution in [2.45, 2.75) is 20.3 Å². The Labute approximate surface area is 112 Å². The van der Waals surface area contributed by atoms with Crippen LogP contribution in [-0.2, 0) is 9.84 Å². The number of carbonyl (C=O) groups is 1. The molecule has 0 heterocycles. The summed E-state index contributed by atoms with van der Waals surface area (Å²) in [6, 6.07) is 3.58. The molecular formula is C13H17FO4S. The van der Waals surface area contributed by atoms with Crippen LogP contribution in [0.25, 0.3) is 0 Å². The number of hydrogen-bond acceptors (Lipinski definition) is 4. The SMILES string of the molecule is CCCS(=O)(=O)CCOc1ccc(F)cc1C(C)=O. The fraction of sp³-hybridized carbons (Fsp3) is 0.462. The number of rotatable bonds is 7. The van der Waals surface area contributed by atoms with E-state index in [0.29, 0.717) is 6.42 Å². The first-order chi connectivity index (χ1) is 8.85. The number of carbonyl (C=O) groups excluding carboxylic acids is 1. The zero-order valence-electron chi connectivity index (χ0n) is 11.0. The van der Waals surface area contributed by atoms with Crippen molar-refractivity contribution < 1.29 is 22.3 Å². The van der Waals surface area contributed by atoms with E-state index in [2.05, 4.69) is 0 Å². The van der Waals surface area contributed by atoms with Gasteiger partial charge in [0.25, 0.3) is 0 Å². The van der Waals surface area contributed by atoms with Gasteiger partial charge in [0.05, 0.1) is 17.1 Å². The second-order valence-electron chi connectivity index (χ2n) is 4.20. The van der Waals surface area contributed by atoms with Crippen molar-refractivity contribution >= 4 is 15.6 Å². The molecule has 0 fully saturated rings. The molecule has 4 nitrogen and oxygen atoms in total. The maximum atomic E-state index is 13.0. The molecule has 0 unspecified atom stereocenters. The fourth-order valence-electron chi connectivity index (χ4n) is 1.59. The lowest BCUT2D eigenvalue weighted by atomic mass is 10.1. The Balaban J connectivity index is 2.71. The van der Waals surface area contributed by atoms with Crippen molar-refractivity contribution in [3.8, 4) is 5.75 Å². The summed E-state index contributed by atoms with van der Waals surface area (Å²) in [7, 11) is -3.13. The molecule has 0 N–H and O–H groups in total. The van der Waals surface area contributed by atoms with Gasteiger partial charge in [0, 0.05) is 0 Å². The van der Waals surface area contributed by atoms with Gasteiger partial charge in [-0.25, -0.2) is 12.8 Å². The molecule has 0 aliphatic rings. The van der Waals surface area contributed by atoms with Crippen LogP contribution in [0.3, 0.4) is 0 Å². The topological polar surface area (TPSA) is 60.4 Å². The van der Waals surface area contributed by atoms with Crippen LogP contribution in [0.2, 0.25) is 0 Å². The van der Waals surface area contributed by atoms with Crippen LogP contribution < -0.4 is 4.74 Å². The van der Waals surface area contributed by atoms with Gasteiger partial charge in [-0.15, -0.1) is 0 Å². The number of sulfone groups is 1. The van der Waals surface area contributed by atoms with E-state index < -0.39 is 15.7 Å². The smallest absolute Gasteiger partial charge is 0.163 e. The normalized spacial score (nSPS) is 11.3. The standard InChI is InChI=1S/C13H17FO4S/c1-3-7-19(16,17)8-6-18-13-5-4-11(14)9-12(13)10(2)15/h4-5,9H,3,6-8H2,1-2H3. The van der Waals surface area contributed by atoms with E-state index >= 15 is 0 Å². The number of halogens is 1. The Bertz CT molecular complexity index is 552. The van der Waals surface area contributed by atoms with E-state index in [9.17, 15) is 17.6 Å². The highest BCUT2D eigenvalue weighted by atomic mass is 32.2. The number of ether oxygens (including phenoxy) is 1. The molecule has 0 saturated carbocycles. The highest BCUT2D eigenvalue weighted by molar-refractivity contribution is 7.91. The highest BCUT2D eigenvalue weighted by Crippen LogP contribution is 2.20. The van der Waals surface area contributed by atoms with Gasteiger partial charge in [-0.2, -0.15) is 0 Å². The molecule has 0 aliphatic carbocycles. The molecule has 19 heavy (non-hydrogen) atoms. The third kappa shape index (κ3) is 4.98. The molecule has 1 aromatic carbocycles. The molecule has 0 atom stereocenters. The van der Waals surface area contributed by atoms with Crippen molar-refractivity contribution in [2.75, 3.05) is 18.1 Å². The van der Waals surface area contributed by atoms with Crippen molar-refractivity contribution in [1.82, 2.24) is 0 Å². The van der Waals surface area contributed by atoms with Crippen LogP contribution in [0.5, 0.6) is 5.75 Å². The maximum Gasteiger partial charge on any atom is 0.163 e. The summed E-state index contributed by atoms with van der Waals surface area (Å²) in [5.41, 5.74) is 0.118. The van der Waals surface area contributed by atoms with E-state index in [4.69, 9.17) is 4.74 Å². The van der Waals surface area contributed by atoms with Crippen LogP contribution >= 0.6 is 0 Å². The first kappa shape index (κ1) is 15.6. The average Bonchev–Trinajstić information content (AvgIpc) is 2.30. The average molecular weight is 288 g/mol. The first-order valence-corrected chi connectivity index (χ1v) is 7.81. The Hall–Kier alpha value is -1.43. The molecule has 0 spiro atoms. The third-order valence-electron chi connectivity index (χ3n) is 2.49. The quantitative estimate of drug-likeness (QED) is 0.722. The molecule has 6 heteroatoms. The predicted octanol–water partition coefficient (Wildman–Crippen LogP) is 2.23. The first-order valence-electron chi connectivity index (χ1n) is 5.99. The minimum Gasteiger partial charge on any atom is -0.492 e. The molecular weight excluding hydrogens is 271 g/mol. The van der Waals surface area contributed by atoms with Gasteiger partial charge < -0.3 is 4.74 Å². The van der Waals surface area contributed by atoms with Gasteiger partial charge in [0.2, 0.25) is 0 Å². The summed E-state index contributed by atoms with van der Waals surface area (Å²) >= 11 is 0. The Morgan fingerprint density at radius 2 is 2.00 bits per heavy atom. The van der Waals surface area contributed by atoms with Gasteiger partial charge >= 0.3 is 0 Å². The Morgan fingerprint density at radius 3 is 2.58 bits per heavy atom. The molecule has 106 valence electrons. The Kier molecular flexibility index (Phi) is 5.47. The Morgan fingerprint density at radius 1 is 1.32 bits per heavy atom. The minimum absolute atomic E-state index is 0.0474. The summed E-state index contributed by atoms with van der Waals surface area (Å²) in [4.78, 5) is 11.3. The van der Waals surface area contributed by atoms with Gasteiger partial charge in [0.15, 0.2) is 15.6 Å². The molecule has 0 amide bonds. The summed E-state index contributed by atoms with van der Waals surface area (Å²) in [6.07, 6.45) is 0.553. The summed E-state index contributed by atoms with van der Waals surface area (Å²) in [6.45, 7) is 3.04. The van der Waals surface area contributed by atoms with Crippen molar-refractivity contribution in [3.05, 3.63) is 29.6 Å². The van der Waals surface area contributed by atoms with Crippen LogP contribution in [0.4, 0.5) is 4.39 Å². The highest BCUT2D eigenvalue weighted by Gasteiger charge is 2.13. The van der Waals surface area contributed by atoms with Crippen molar-refractivity contribution in [1.29, 1.82) is 0 Å². The maximum absolute atomic E-state index is 13.0. The lowest BCUT2D eigenvalue weighted by Gasteiger charge is -2.10. The van der Waals surface area contributed by atoms with Gasteiger partial charge in [-0.05, 0) is 31.5 Å². The lowest BCUT2D eigenvalue weighted by Crippen LogP contribution is -2.17. The minimum atomic E-state index is -3.13. The zero-order valence-corrected chi connectivity index (χ0v) is 11.8. The molecule has 1 aromatic rings. The second-order valence-corrected chi connectivity index (χ2v) is 6.50. The molecule has 0 aliphatic heterocycles. The van der Waals surface area contributed by atoms with E-state index in [-0.39, 0.29) is 35.2 Å². The molecule has 1 rings (SSSR count). The van der Waals surface area contributed by atoms with E-state index in [1.165, 1.54) is 19.1 Å². The summed E-state index contributed by atoms with van der Waals surface area (Å²) in [5, 5.41) is 0. The van der Waals surface area contributed by atoms with E-state index in [1.807, 2.05) is 0 Å². The van der Waals surface area contributed by atoms with Gasteiger partial charge in [-0.1, -0.05) is 6.92 Å². The van der Waals surface area contributed by atoms with E-state index in [0.717, 1.165) is 6.07 Å². The largest absolute Gasteiger partial charge is 0.492 e.